The maximum absolute atomic E-state index is 13.8. The number of hydrogen-bond acceptors (Lipinski definition) is 4. The minimum Gasteiger partial charge on any atom is -0.338 e. The number of hydrogen-bond donors (Lipinski definition) is 0. The van der Waals surface area contributed by atoms with E-state index in [4.69, 9.17) is 0 Å². The van der Waals surface area contributed by atoms with Crippen molar-refractivity contribution < 1.29 is 22.4 Å². The summed E-state index contributed by atoms with van der Waals surface area (Å²) in [6, 6.07) is 23.2. The molecular weight excluding hydrogens is 517 g/mol. The van der Waals surface area contributed by atoms with Crippen LogP contribution in [-0.4, -0.2) is 66.6 Å². The van der Waals surface area contributed by atoms with Gasteiger partial charge in [-0.1, -0.05) is 61.5 Å². The smallest absolute Gasteiger partial charge is 0.253 e. The summed E-state index contributed by atoms with van der Waals surface area (Å²) in [6.07, 6.45) is 1.65. The number of sulfonamides is 1. The van der Waals surface area contributed by atoms with E-state index in [-0.39, 0.29) is 35.8 Å². The molecule has 0 aliphatic carbocycles. The lowest BCUT2D eigenvalue weighted by molar-refractivity contribution is -0.135. The summed E-state index contributed by atoms with van der Waals surface area (Å²) < 4.78 is 41.7. The zero-order chi connectivity index (χ0) is 27.8. The molecule has 0 saturated carbocycles. The number of amides is 2. The Morgan fingerprint density at radius 3 is 2.18 bits per heavy atom. The molecule has 7 nitrogen and oxygen atoms in total. The van der Waals surface area contributed by atoms with E-state index in [1.165, 1.54) is 34.6 Å². The molecular formula is C30H34FN3O4S. The van der Waals surface area contributed by atoms with Crippen molar-refractivity contribution in [1.82, 2.24) is 14.1 Å². The Labute approximate surface area is 229 Å². The Morgan fingerprint density at radius 1 is 0.923 bits per heavy atom. The van der Waals surface area contributed by atoms with Crippen LogP contribution in [0.2, 0.25) is 0 Å². The van der Waals surface area contributed by atoms with Gasteiger partial charge in [-0.15, -0.1) is 0 Å². The lowest BCUT2D eigenvalue weighted by atomic mass is 10.0. The summed E-state index contributed by atoms with van der Waals surface area (Å²) in [5, 5.41) is 0. The van der Waals surface area contributed by atoms with Crippen molar-refractivity contribution in [3.63, 3.8) is 0 Å². The third kappa shape index (κ3) is 7.10. The fraction of sp³-hybridized carbons (Fsp3) is 0.333. The van der Waals surface area contributed by atoms with Gasteiger partial charge in [0, 0.05) is 37.8 Å². The molecule has 2 amide bonds. The average Bonchev–Trinajstić information content (AvgIpc) is 2.96. The Kier molecular flexibility index (Phi) is 9.48. The number of halogens is 1. The van der Waals surface area contributed by atoms with Gasteiger partial charge in [0.1, 0.15) is 5.82 Å². The van der Waals surface area contributed by atoms with E-state index in [0.29, 0.717) is 44.5 Å². The summed E-state index contributed by atoms with van der Waals surface area (Å²) in [7, 11) is -3.85. The molecule has 4 rings (SSSR count). The summed E-state index contributed by atoms with van der Waals surface area (Å²) in [5.74, 6) is -0.976. The van der Waals surface area contributed by atoms with Crippen LogP contribution in [0.3, 0.4) is 0 Å². The molecule has 1 aliphatic rings. The highest BCUT2D eigenvalue weighted by Crippen LogP contribution is 2.23. The summed E-state index contributed by atoms with van der Waals surface area (Å²) in [4.78, 5) is 30.3. The first-order valence-electron chi connectivity index (χ1n) is 13.2. The van der Waals surface area contributed by atoms with E-state index >= 15 is 0 Å². The highest BCUT2D eigenvalue weighted by molar-refractivity contribution is 7.89. The summed E-state index contributed by atoms with van der Waals surface area (Å²) >= 11 is 0. The second-order valence-electron chi connectivity index (χ2n) is 9.69. The number of nitrogens with zero attached hydrogens (tertiary/aromatic N) is 3. The number of piperidine rings is 1. The monoisotopic (exact) mass is 551 g/mol. The van der Waals surface area contributed by atoms with Crippen molar-refractivity contribution in [2.45, 2.75) is 43.7 Å². The normalized spacial score (nSPS) is 14.4. The molecule has 3 aromatic carbocycles. The van der Waals surface area contributed by atoms with Crippen LogP contribution < -0.4 is 0 Å². The van der Waals surface area contributed by atoms with Gasteiger partial charge in [-0.2, -0.15) is 4.31 Å². The highest BCUT2D eigenvalue weighted by atomic mass is 32.2. The quantitative estimate of drug-likeness (QED) is 0.370. The van der Waals surface area contributed by atoms with Gasteiger partial charge in [-0.3, -0.25) is 9.59 Å². The molecule has 206 valence electrons. The average molecular weight is 552 g/mol. The minimum absolute atomic E-state index is 0.157. The molecule has 1 heterocycles. The molecule has 0 unspecified atom stereocenters. The second kappa shape index (κ2) is 13.0. The number of carbonyl (C=O) groups is 2. The van der Waals surface area contributed by atoms with E-state index in [2.05, 4.69) is 0 Å². The van der Waals surface area contributed by atoms with Gasteiger partial charge in [-0.05, 0) is 55.2 Å². The Balaban J connectivity index is 1.52. The van der Waals surface area contributed by atoms with Gasteiger partial charge in [0.15, 0.2) is 0 Å². The predicted molar refractivity (Wildman–Crippen MR) is 148 cm³/mol. The van der Waals surface area contributed by atoms with Crippen LogP contribution in [0.15, 0.2) is 89.8 Å². The molecule has 0 radical (unpaired) electrons. The zero-order valence-corrected chi connectivity index (χ0v) is 22.9. The molecule has 1 aliphatic heterocycles. The molecule has 39 heavy (non-hydrogen) atoms. The molecule has 9 heteroatoms. The number of rotatable bonds is 10. The number of carbonyl (C=O) groups excluding carboxylic acids is 2. The van der Waals surface area contributed by atoms with Crippen LogP contribution in [0.1, 0.15) is 42.1 Å². The Hall–Kier alpha value is -3.56. The molecule has 0 bridgehead atoms. The van der Waals surface area contributed by atoms with Gasteiger partial charge in [0.05, 0.1) is 11.4 Å². The maximum atomic E-state index is 13.8. The first-order valence-corrected chi connectivity index (χ1v) is 14.7. The fourth-order valence-electron chi connectivity index (χ4n) is 4.90. The molecule has 0 atom stereocenters. The third-order valence-corrected chi connectivity index (χ3v) is 8.81. The molecule has 0 aromatic heterocycles. The Bertz CT molecular complexity index is 1360. The largest absolute Gasteiger partial charge is 0.338 e. The minimum atomic E-state index is -3.85. The SMILES string of the molecule is CCCN(CC(=O)N(Cc1ccccc1)C1CCN(C(=O)c2cccc(F)c2)CC1)S(=O)(=O)c1ccccc1. The molecule has 3 aromatic rings. The molecule has 1 saturated heterocycles. The van der Waals surface area contributed by atoms with Crippen molar-refractivity contribution in [2.75, 3.05) is 26.2 Å². The highest BCUT2D eigenvalue weighted by Gasteiger charge is 2.33. The van der Waals surface area contributed by atoms with Crippen LogP contribution in [0.5, 0.6) is 0 Å². The summed E-state index contributed by atoms with van der Waals surface area (Å²) in [6.45, 7) is 3.01. The topological polar surface area (TPSA) is 78.0 Å². The van der Waals surface area contributed by atoms with Crippen LogP contribution in [0.4, 0.5) is 4.39 Å². The van der Waals surface area contributed by atoms with Crippen molar-refractivity contribution in [3.05, 3.63) is 102 Å². The fourth-order valence-corrected chi connectivity index (χ4v) is 6.41. The van der Waals surface area contributed by atoms with E-state index in [0.717, 1.165) is 5.56 Å². The lowest BCUT2D eigenvalue weighted by Gasteiger charge is -2.39. The maximum Gasteiger partial charge on any atom is 0.253 e. The number of likely N-dealkylation sites (tertiary alicyclic amines) is 1. The van der Waals surface area contributed by atoms with E-state index in [9.17, 15) is 22.4 Å². The van der Waals surface area contributed by atoms with Gasteiger partial charge in [-0.25, -0.2) is 12.8 Å². The summed E-state index contributed by atoms with van der Waals surface area (Å²) in [5.41, 5.74) is 1.24. The van der Waals surface area contributed by atoms with Crippen molar-refractivity contribution in [3.8, 4) is 0 Å². The van der Waals surface area contributed by atoms with E-state index in [1.807, 2.05) is 37.3 Å². The van der Waals surface area contributed by atoms with Crippen LogP contribution in [0.25, 0.3) is 0 Å². The molecule has 0 N–H and O–H groups in total. The Morgan fingerprint density at radius 2 is 1.56 bits per heavy atom. The number of benzene rings is 3. The van der Waals surface area contributed by atoms with Crippen LogP contribution >= 0.6 is 0 Å². The van der Waals surface area contributed by atoms with Crippen LogP contribution in [0, 0.1) is 5.82 Å². The third-order valence-electron chi connectivity index (χ3n) is 6.95. The van der Waals surface area contributed by atoms with Gasteiger partial charge >= 0.3 is 0 Å². The second-order valence-corrected chi connectivity index (χ2v) is 11.6. The predicted octanol–water partition coefficient (Wildman–Crippen LogP) is 4.56. The van der Waals surface area contributed by atoms with Crippen molar-refractivity contribution in [1.29, 1.82) is 0 Å². The molecule has 0 spiro atoms. The van der Waals surface area contributed by atoms with Gasteiger partial charge in [0.2, 0.25) is 15.9 Å². The van der Waals surface area contributed by atoms with E-state index in [1.54, 1.807) is 34.1 Å². The zero-order valence-electron chi connectivity index (χ0n) is 22.1. The van der Waals surface area contributed by atoms with Gasteiger partial charge < -0.3 is 9.80 Å². The lowest BCUT2D eigenvalue weighted by Crippen LogP contribution is -2.51. The standard InChI is InChI=1S/C30H34FN3O4S/c1-2-18-33(39(37,38)28-14-7-4-8-15-28)23-29(35)34(22-24-10-5-3-6-11-24)27-16-19-32(20-17-27)30(36)25-12-9-13-26(31)21-25/h3-15,21,27H,2,16-20,22-23H2,1H3. The van der Waals surface area contributed by atoms with Gasteiger partial charge in [0.25, 0.3) is 5.91 Å². The van der Waals surface area contributed by atoms with Crippen molar-refractivity contribution in [2.24, 2.45) is 0 Å². The van der Waals surface area contributed by atoms with Crippen molar-refractivity contribution >= 4 is 21.8 Å². The first kappa shape index (κ1) is 28.4. The van der Waals surface area contributed by atoms with E-state index < -0.39 is 15.8 Å². The van der Waals surface area contributed by atoms with Crippen LogP contribution in [-0.2, 0) is 21.4 Å². The first-order chi connectivity index (χ1) is 18.8. The molecule has 1 fully saturated rings.